The van der Waals surface area contributed by atoms with Gasteiger partial charge in [0, 0.05) is 47.9 Å². The van der Waals surface area contributed by atoms with E-state index in [1.807, 2.05) is 0 Å². The second-order valence-corrected chi connectivity index (χ2v) is 12.3. The van der Waals surface area contributed by atoms with Crippen LogP contribution in [0.5, 0.6) is 0 Å². The highest BCUT2D eigenvalue weighted by atomic mass is 32.2. The van der Waals surface area contributed by atoms with Gasteiger partial charge in [-0.05, 0) is 37.8 Å². The van der Waals surface area contributed by atoms with Crippen molar-refractivity contribution in [2.24, 2.45) is 10.8 Å². The van der Waals surface area contributed by atoms with E-state index in [1.54, 1.807) is 6.92 Å². The number of hydrogen-bond donors (Lipinski definition) is 2. The number of carbonyl (C=O) groups is 1. The van der Waals surface area contributed by atoms with E-state index in [9.17, 15) is 31.0 Å². The van der Waals surface area contributed by atoms with E-state index in [2.05, 4.69) is 15.4 Å². The van der Waals surface area contributed by atoms with Crippen LogP contribution in [0.15, 0.2) is 23.4 Å². The molecule has 5 rings (SSSR count). The van der Waals surface area contributed by atoms with Crippen LogP contribution in [0.25, 0.3) is 0 Å². The molecular weight excluding hydrogens is 493 g/mol. The molecule has 2 N–H and O–H groups in total. The van der Waals surface area contributed by atoms with Gasteiger partial charge in [0.15, 0.2) is 0 Å². The molecule has 3 fully saturated rings. The molecule has 35 heavy (non-hydrogen) atoms. The minimum atomic E-state index is -4.88. The molecule has 0 saturated heterocycles. The van der Waals surface area contributed by atoms with Gasteiger partial charge in [-0.2, -0.15) is 18.3 Å². The fraction of sp³-hybridized carbons (Fsp3) is 0.591. The lowest BCUT2D eigenvalue weighted by Gasteiger charge is -2.54. The van der Waals surface area contributed by atoms with Crippen molar-refractivity contribution in [3.63, 3.8) is 0 Å². The Morgan fingerprint density at radius 3 is 2.49 bits per heavy atom. The predicted molar refractivity (Wildman–Crippen MR) is 116 cm³/mol. The molecule has 2 aromatic heterocycles. The van der Waals surface area contributed by atoms with Gasteiger partial charge in [-0.25, -0.2) is 22.8 Å². The summed E-state index contributed by atoms with van der Waals surface area (Å²) in [6.07, 6.45) is -1.48. The highest BCUT2D eigenvalue weighted by Gasteiger charge is 2.80. The summed E-state index contributed by atoms with van der Waals surface area (Å²) in [6.45, 7) is 1.38. The SMILES string of the molecule is C[C@@]1(Cn2nc(C3CC3)c(C(F)(F)F)c2C(=O)Nc2ccnc([S@@](C)(=N)=O)c2)CC(F)(F)C12CC2. The van der Waals surface area contributed by atoms with Gasteiger partial charge in [0.25, 0.3) is 11.8 Å². The van der Waals surface area contributed by atoms with Crippen LogP contribution in [-0.2, 0) is 22.5 Å². The number of rotatable bonds is 6. The van der Waals surface area contributed by atoms with Crippen LogP contribution >= 0.6 is 0 Å². The minimum absolute atomic E-state index is 0.00993. The van der Waals surface area contributed by atoms with Crippen molar-refractivity contribution in [1.82, 2.24) is 14.8 Å². The van der Waals surface area contributed by atoms with Gasteiger partial charge in [0.1, 0.15) is 16.3 Å². The molecule has 0 bridgehead atoms. The van der Waals surface area contributed by atoms with Gasteiger partial charge in [-0.3, -0.25) is 9.48 Å². The quantitative estimate of drug-likeness (QED) is 0.509. The summed E-state index contributed by atoms with van der Waals surface area (Å²) in [7, 11) is -3.23. The van der Waals surface area contributed by atoms with Crippen molar-refractivity contribution in [1.29, 1.82) is 4.78 Å². The first-order valence-electron chi connectivity index (χ1n) is 11.1. The van der Waals surface area contributed by atoms with Gasteiger partial charge in [0.2, 0.25) is 0 Å². The third-order valence-corrected chi connectivity index (χ3v) is 8.57. The van der Waals surface area contributed by atoms with Gasteiger partial charge in [-0.15, -0.1) is 0 Å². The number of carbonyl (C=O) groups excluding carboxylic acids is 1. The number of halogens is 5. The van der Waals surface area contributed by atoms with E-state index in [1.165, 1.54) is 12.3 Å². The van der Waals surface area contributed by atoms with Crippen molar-refractivity contribution in [3.05, 3.63) is 35.3 Å². The topological polar surface area (TPSA) is 101 Å². The Morgan fingerprint density at radius 2 is 1.97 bits per heavy atom. The molecule has 3 aliphatic rings. The molecule has 3 saturated carbocycles. The van der Waals surface area contributed by atoms with Crippen molar-refractivity contribution >= 4 is 21.3 Å². The summed E-state index contributed by atoms with van der Waals surface area (Å²) in [5.74, 6) is -4.44. The third-order valence-electron chi connectivity index (χ3n) is 7.55. The van der Waals surface area contributed by atoms with Crippen LogP contribution in [0.4, 0.5) is 27.6 Å². The van der Waals surface area contributed by atoms with E-state index in [0.29, 0.717) is 12.8 Å². The lowest BCUT2D eigenvalue weighted by atomic mass is 9.55. The molecule has 7 nitrogen and oxygen atoms in total. The Bertz CT molecular complexity index is 1330. The summed E-state index contributed by atoms with van der Waals surface area (Å²) in [6, 6.07) is 2.46. The third kappa shape index (κ3) is 3.82. The first-order valence-corrected chi connectivity index (χ1v) is 13.1. The fourth-order valence-corrected chi connectivity index (χ4v) is 6.05. The number of amides is 1. The maximum Gasteiger partial charge on any atom is 0.420 e. The molecule has 3 aliphatic carbocycles. The van der Waals surface area contributed by atoms with Crippen LogP contribution in [0.3, 0.4) is 0 Å². The van der Waals surface area contributed by atoms with Crippen molar-refractivity contribution in [2.45, 2.75) is 68.6 Å². The minimum Gasteiger partial charge on any atom is -0.320 e. The first kappa shape index (κ1) is 24.1. The summed E-state index contributed by atoms with van der Waals surface area (Å²) in [5, 5.41) is 6.40. The number of alkyl halides is 5. The maximum atomic E-state index is 14.3. The second kappa shape index (κ2) is 7.23. The summed E-state index contributed by atoms with van der Waals surface area (Å²) < 4.78 is 91.9. The molecule has 13 heteroatoms. The van der Waals surface area contributed by atoms with Gasteiger partial charge < -0.3 is 5.32 Å². The monoisotopic (exact) mass is 517 g/mol. The number of nitrogens with one attached hydrogen (secondary N) is 2. The summed E-state index contributed by atoms with van der Waals surface area (Å²) in [5.41, 5.74) is -4.37. The molecule has 0 aliphatic heterocycles. The van der Waals surface area contributed by atoms with E-state index < -0.39 is 62.2 Å². The molecule has 0 aromatic carbocycles. The number of pyridine rings is 1. The van der Waals surface area contributed by atoms with E-state index in [4.69, 9.17) is 4.78 Å². The zero-order valence-electron chi connectivity index (χ0n) is 19.0. The van der Waals surface area contributed by atoms with Crippen LogP contribution in [0, 0.1) is 15.6 Å². The Morgan fingerprint density at radius 1 is 1.31 bits per heavy atom. The lowest BCUT2D eigenvalue weighted by molar-refractivity contribution is -0.243. The Kier molecular flexibility index (Phi) is 4.99. The van der Waals surface area contributed by atoms with Crippen LogP contribution in [0.2, 0.25) is 0 Å². The first-order chi connectivity index (χ1) is 16.1. The zero-order chi connectivity index (χ0) is 25.6. The van der Waals surface area contributed by atoms with E-state index in [0.717, 1.165) is 17.0 Å². The van der Waals surface area contributed by atoms with Gasteiger partial charge in [-0.1, -0.05) is 6.92 Å². The molecule has 1 spiro atoms. The standard InChI is InChI=1S/C22H24F5N5O2S/c1-19(10-21(23,24)20(19)6-7-20)11-32-17(15(22(25,26)27)16(31-32)12-3-4-12)18(33)30-13-5-8-29-14(9-13)35(2,28)34/h5,8-9,12,28H,3-4,6-7,10-11H2,1-2H3,(H,29,30,33)/t19-,35-/m0/s1. The average molecular weight is 518 g/mol. The fourth-order valence-electron chi connectivity index (χ4n) is 5.43. The van der Waals surface area contributed by atoms with Crippen molar-refractivity contribution < 1.29 is 31.0 Å². The normalized spacial score (nSPS) is 26.1. The largest absolute Gasteiger partial charge is 0.420 e. The molecule has 2 aromatic rings. The number of nitrogens with zero attached hydrogens (tertiary/aromatic N) is 3. The summed E-state index contributed by atoms with van der Waals surface area (Å²) in [4.78, 5) is 17.1. The second-order valence-electron chi connectivity index (χ2n) is 10.2. The number of hydrogen-bond acceptors (Lipinski definition) is 5. The van der Waals surface area contributed by atoms with Gasteiger partial charge >= 0.3 is 6.18 Å². The molecule has 2 heterocycles. The predicted octanol–water partition coefficient (Wildman–Crippen LogP) is 5.29. The van der Waals surface area contributed by atoms with Gasteiger partial charge in [0.05, 0.1) is 15.4 Å². The molecule has 190 valence electrons. The van der Waals surface area contributed by atoms with E-state index in [-0.39, 0.29) is 35.8 Å². The van der Waals surface area contributed by atoms with Crippen molar-refractivity contribution in [2.75, 3.05) is 11.6 Å². The maximum absolute atomic E-state index is 14.3. The number of aromatic nitrogens is 3. The Balaban J connectivity index is 1.56. The molecular formula is C22H24F5N5O2S. The highest BCUT2D eigenvalue weighted by Crippen LogP contribution is 2.78. The average Bonchev–Trinajstić information content (AvgIpc) is 3.62. The van der Waals surface area contributed by atoms with E-state index >= 15 is 0 Å². The molecule has 0 unspecified atom stereocenters. The van der Waals surface area contributed by atoms with Crippen LogP contribution < -0.4 is 5.32 Å². The molecule has 1 amide bonds. The Labute approximate surface area is 198 Å². The smallest absolute Gasteiger partial charge is 0.320 e. The molecule has 0 radical (unpaired) electrons. The summed E-state index contributed by atoms with van der Waals surface area (Å²) >= 11 is 0. The highest BCUT2D eigenvalue weighted by molar-refractivity contribution is 7.91. The van der Waals surface area contributed by atoms with Crippen LogP contribution in [0.1, 0.15) is 66.7 Å². The number of anilines is 1. The van der Waals surface area contributed by atoms with Crippen LogP contribution in [-0.4, -0.2) is 37.1 Å². The lowest BCUT2D eigenvalue weighted by Crippen LogP contribution is -2.59. The Hall–Kier alpha value is -2.57. The molecule has 2 atom stereocenters. The van der Waals surface area contributed by atoms with Crippen molar-refractivity contribution in [3.8, 4) is 0 Å². The zero-order valence-corrected chi connectivity index (χ0v) is 19.8.